The number of hydrogen-bond donors (Lipinski definition) is 0. The van der Waals surface area contributed by atoms with Gasteiger partial charge >= 0.3 is 0 Å². The molecular weight excluding hydrogens is 288 g/mol. The Bertz CT molecular complexity index is 1000. The third kappa shape index (κ3) is 2.03. The highest BCUT2D eigenvalue weighted by Gasteiger charge is 2.11. The second kappa shape index (κ2) is 4.64. The molecule has 0 fully saturated rings. The molecule has 4 heterocycles. The summed E-state index contributed by atoms with van der Waals surface area (Å²) in [5, 5.41) is 4.26. The molecule has 0 aromatic carbocycles. The fourth-order valence-electron chi connectivity index (χ4n) is 1.96. The molecule has 0 aliphatic heterocycles. The van der Waals surface area contributed by atoms with E-state index in [2.05, 4.69) is 15.1 Å². The van der Waals surface area contributed by atoms with E-state index in [0.717, 1.165) is 5.56 Å². The molecular formula is C14H8N4O2S. The quantitative estimate of drug-likeness (QED) is 0.558. The zero-order chi connectivity index (χ0) is 14.2. The second-order valence-corrected chi connectivity index (χ2v) is 5.31. The van der Waals surface area contributed by atoms with E-state index in [0.29, 0.717) is 21.1 Å². The van der Waals surface area contributed by atoms with Crippen molar-refractivity contribution in [3.8, 4) is 11.4 Å². The van der Waals surface area contributed by atoms with Crippen LogP contribution in [0.3, 0.4) is 0 Å². The predicted molar refractivity (Wildman–Crippen MR) is 77.9 cm³/mol. The van der Waals surface area contributed by atoms with Crippen molar-refractivity contribution in [3.05, 3.63) is 63.6 Å². The molecule has 6 nitrogen and oxygen atoms in total. The van der Waals surface area contributed by atoms with Crippen molar-refractivity contribution in [3.63, 3.8) is 0 Å². The standard InChI is InChI=1S/C14H8N4O2S/c19-13-11(8-10-2-1-7-20-10)21-14-16-12(17-18(13)14)9-3-5-15-6-4-9/h1-8H/b11-8+. The first-order valence-corrected chi connectivity index (χ1v) is 6.98. The summed E-state index contributed by atoms with van der Waals surface area (Å²) in [6, 6.07) is 7.17. The third-order valence-corrected chi connectivity index (χ3v) is 3.90. The fraction of sp³-hybridized carbons (Fsp3) is 0. The maximum Gasteiger partial charge on any atom is 0.291 e. The summed E-state index contributed by atoms with van der Waals surface area (Å²) in [7, 11) is 0. The van der Waals surface area contributed by atoms with Crippen molar-refractivity contribution in [1.29, 1.82) is 0 Å². The minimum atomic E-state index is -0.195. The topological polar surface area (TPSA) is 73.3 Å². The van der Waals surface area contributed by atoms with Crippen molar-refractivity contribution in [1.82, 2.24) is 19.6 Å². The first-order chi connectivity index (χ1) is 10.3. The van der Waals surface area contributed by atoms with Crippen molar-refractivity contribution >= 4 is 22.4 Å². The monoisotopic (exact) mass is 296 g/mol. The van der Waals surface area contributed by atoms with Crippen LogP contribution in [0.25, 0.3) is 22.4 Å². The Morgan fingerprint density at radius 3 is 2.81 bits per heavy atom. The van der Waals surface area contributed by atoms with Crippen molar-refractivity contribution in [2.75, 3.05) is 0 Å². The largest absolute Gasteiger partial charge is 0.465 e. The Morgan fingerprint density at radius 2 is 2.10 bits per heavy atom. The number of thiazole rings is 1. The van der Waals surface area contributed by atoms with E-state index < -0.39 is 0 Å². The fourth-order valence-corrected chi connectivity index (χ4v) is 2.85. The lowest BCUT2D eigenvalue weighted by Crippen LogP contribution is -2.23. The van der Waals surface area contributed by atoms with E-state index in [1.165, 1.54) is 15.9 Å². The zero-order valence-electron chi connectivity index (χ0n) is 10.6. The van der Waals surface area contributed by atoms with E-state index in [-0.39, 0.29) is 5.56 Å². The number of aromatic nitrogens is 4. The van der Waals surface area contributed by atoms with Crippen LogP contribution in [-0.2, 0) is 0 Å². The molecule has 0 saturated heterocycles. The molecule has 4 aromatic heterocycles. The van der Waals surface area contributed by atoms with Crippen LogP contribution in [0, 0.1) is 0 Å². The van der Waals surface area contributed by atoms with Gasteiger partial charge in [0.25, 0.3) is 5.56 Å². The van der Waals surface area contributed by atoms with Crippen molar-refractivity contribution in [2.24, 2.45) is 0 Å². The minimum Gasteiger partial charge on any atom is -0.465 e. The van der Waals surface area contributed by atoms with Gasteiger partial charge < -0.3 is 4.42 Å². The van der Waals surface area contributed by atoms with E-state index >= 15 is 0 Å². The molecule has 0 atom stereocenters. The second-order valence-electron chi connectivity index (χ2n) is 4.30. The smallest absolute Gasteiger partial charge is 0.291 e. The van der Waals surface area contributed by atoms with E-state index in [1.54, 1.807) is 49.0 Å². The normalized spacial score (nSPS) is 12.3. The van der Waals surface area contributed by atoms with Gasteiger partial charge in [-0.3, -0.25) is 9.78 Å². The summed E-state index contributed by atoms with van der Waals surface area (Å²) in [5.74, 6) is 1.15. The van der Waals surface area contributed by atoms with E-state index in [1.807, 2.05) is 0 Å². The Kier molecular flexibility index (Phi) is 2.65. The number of pyridine rings is 1. The number of fused-ring (bicyclic) bond motifs is 1. The van der Waals surface area contributed by atoms with E-state index in [9.17, 15) is 4.79 Å². The molecule has 0 radical (unpaired) electrons. The first-order valence-electron chi connectivity index (χ1n) is 6.16. The molecule has 21 heavy (non-hydrogen) atoms. The molecule has 4 aromatic rings. The number of rotatable bonds is 2. The zero-order valence-corrected chi connectivity index (χ0v) is 11.4. The summed E-state index contributed by atoms with van der Waals surface area (Å²) in [6.45, 7) is 0. The highest BCUT2D eigenvalue weighted by atomic mass is 32.1. The van der Waals surface area contributed by atoms with Gasteiger partial charge in [-0.2, -0.15) is 9.50 Å². The summed E-state index contributed by atoms with van der Waals surface area (Å²) in [5.41, 5.74) is 0.635. The van der Waals surface area contributed by atoms with Gasteiger partial charge in [0.2, 0.25) is 4.96 Å². The van der Waals surface area contributed by atoms with Crippen molar-refractivity contribution in [2.45, 2.75) is 0 Å². The predicted octanol–water partition coefficient (Wildman–Crippen LogP) is 1.35. The molecule has 0 spiro atoms. The summed E-state index contributed by atoms with van der Waals surface area (Å²) >= 11 is 1.28. The number of nitrogens with zero attached hydrogens (tertiary/aromatic N) is 4. The summed E-state index contributed by atoms with van der Waals surface area (Å²) in [6.07, 6.45) is 6.58. The van der Waals surface area contributed by atoms with Gasteiger partial charge in [-0.15, -0.1) is 5.10 Å². The molecule has 0 aliphatic rings. The highest BCUT2D eigenvalue weighted by molar-refractivity contribution is 7.15. The van der Waals surface area contributed by atoms with Crippen LogP contribution in [0.15, 0.2) is 52.1 Å². The van der Waals surface area contributed by atoms with Gasteiger partial charge in [0, 0.05) is 24.0 Å². The maximum atomic E-state index is 12.3. The molecule has 7 heteroatoms. The molecule has 0 N–H and O–H groups in total. The third-order valence-electron chi connectivity index (χ3n) is 2.94. The lowest BCUT2D eigenvalue weighted by Gasteiger charge is -1.90. The summed E-state index contributed by atoms with van der Waals surface area (Å²) in [4.78, 5) is 21.2. The molecule has 0 bridgehead atoms. The van der Waals surface area contributed by atoms with Crippen LogP contribution in [0.4, 0.5) is 0 Å². The molecule has 0 saturated carbocycles. The number of hydrogen-bond acceptors (Lipinski definition) is 6. The molecule has 4 rings (SSSR count). The summed E-state index contributed by atoms with van der Waals surface area (Å²) < 4.78 is 7.07. The molecule has 102 valence electrons. The Labute approximate surface area is 122 Å². The lowest BCUT2D eigenvalue weighted by molar-refractivity contribution is 0.556. The van der Waals surface area contributed by atoms with Gasteiger partial charge in [0.15, 0.2) is 5.82 Å². The van der Waals surface area contributed by atoms with E-state index in [4.69, 9.17) is 4.42 Å². The van der Waals surface area contributed by atoms with Crippen LogP contribution in [0.5, 0.6) is 0 Å². The van der Waals surface area contributed by atoms with Gasteiger partial charge in [-0.25, -0.2) is 0 Å². The lowest BCUT2D eigenvalue weighted by atomic mass is 10.3. The highest BCUT2D eigenvalue weighted by Crippen LogP contribution is 2.14. The Hall–Kier alpha value is -2.80. The Balaban J connectivity index is 1.87. The Morgan fingerprint density at radius 1 is 1.24 bits per heavy atom. The van der Waals surface area contributed by atoms with Crippen LogP contribution in [0.1, 0.15) is 5.76 Å². The molecule has 0 aliphatic carbocycles. The van der Waals surface area contributed by atoms with Gasteiger partial charge in [0.1, 0.15) is 10.3 Å². The minimum absolute atomic E-state index is 0.195. The van der Waals surface area contributed by atoms with Crippen molar-refractivity contribution < 1.29 is 4.42 Å². The van der Waals surface area contributed by atoms with Gasteiger partial charge in [0.05, 0.1) is 6.26 Å². The average molecular weight is 296 g/mol. The van der Waals surface area contributed by atoms with Crippen LogP contribution in [0.2, 0.25) is 0 Å². The number of furan rings is 1. The first kappa shape index (κ1) is 12.0. The maximum absolute atomic E-state index is 12.3. The van der Waals surface area contributed by atoms with Gasteiger partial charge in [-0.05, 0) is 24.3 Å². The SMILES string of the molecule is O=c1/c(=C\c2ccco2)sc2nc(-c3ccncc3)nn12. The van der Waals surface area contributed by atoms with Gasteiger partial charge in [-0.1, -0.05) is 11.3 Å². The molecule has 0 unspecified atom stereocenters. The van der Waals surface area contributed by atoms with Crippen LogP contribution in [-0.4, -0.2) is 19.6 Å². The van der Waals surface area contributed by atoms with Crippen LogP contribution >= 0.6 is 11.3 Å². The average Bonchev–Trinajstić information content (AvgIpc) is 3.21. The van der Waals surface area contributed by atoms with Crippen LogP contribution < -0.4 is 10.1 Å². The molecule has 0 amide bonds.